The van der Waals surface area contributed by atoms with E-state index in [2.05, 4.69) is 4.74 Å². The van der Waals surface area contributed by atoms with Crippen molar-refractivity contribution in [2.45, 2.75) is 17.2 Å². The summed E-state index contributed by atoms with van der Waals surface area (Å²) in [7, 11) is -3.72. The molecule has 0 aliphatic rings. The van der Waals surface area contributed by atoms with Gasteiger partial charge in [0, 0.05) is 6.26 Å². The number of alkyl halides is 4. The lowest BCUT2D eigenvalue weighted by molar-refractivity contribution is -0.148. The first-order chi connectivity index (χ1) is 9.45. The van der Waals surface area contributed by atoms with Gasteiger partial charge in [0.1, 0.15) is 11.3 Å². The molecule has 0 aliphatic heterocycles. The van der Waals surface area contributed by atoms with Crippen LogP contribution in [0.4, 0.5) is 17.6 Å². The number of carbonyl (C=O) groups is 1. The highest BCUT2D eigenvalue weighted by Crippen LogP contribution is 2.27. The minimum Gasteiger partial charge on any atom is -0.486 e. The highest BCUT2D eigenvalue weighted by atomic mass is 32.2. The Kier molecular flexibility index (Phi) is 4.82. The van der Waals surface area contributed by atoms with Crippen LogP contribution < -0.4 is 4.74 Å². The van der Waals surface area contributed by atoms with E-state index in [1.54, 1.807) is 0 Å². The van der Waals surface area contributed by atoms with Crippen molar-refractivity contribution >= 4 is 15.8 Å². The summed E-state index contributed by atoms with van der Waals surface area (Å²) in [5.41, 5.74) is -0.719. The van der Waals surface area contributed by atoms with Gasteiger partial charge in [0.25, 0.3) is 0 Å². The first-order valence-electron chi connectivity index (χ1n) is 5.31. The Morgan fingerprint density at radius 3 is 2.38 bits per heavy atom. The van der Waals surface area contributed by atoms with Gasteiger partial charge in [0.05, 0.1) is 4.90 Å². The second kappa shape index (κ2) is 5.88. The fourth-order valence-corrected chi connectivity index (χ4v) is 1.92. The zero-order valence-electron chi connectivity index (χ0n) is 10.5. The van der Waals surface area contributed by atoms with E-state index < -0.39 is 46.1 Å². The first-order valence-corrected chi connectivity index (χ1v) is 7.20. The van der Waals surface area contributed by atoms with Crippen LogP contribution in [0.3, 0.4) is 0 Å². The average molecular weight is 330 g/mol. The van der Waals surface area contributed by atoms with Crippen LogP contribution in [-0.4, -0.2) is 44.7 Å². The minimum atomic E-state index is -4.45. The van der Waals surface area contributed by atoms with Gasteiger partial charge in [-0.3, -0.25) is 0 Å². The number of aromatic carboxylic acids is 1. The van der Waals surface area contributed by atoms with Gasteiger partial charge in [-0.15, -0.1) is 0 Å². The summed E-state index contributed by atoms with van der Waals surface area (Å²) < 4.78 is 76.3. The zero-order valence-corrected chi connectivity index (χ0v) is 11.3. The third kappa shape index (κ3) is 4.31. The monoisotopic (exact) mass is 330 g/mol. The van der Waals surface area contributed by atoms with Crippen molar-refractivity contribution in [1.29, 1.82) is 0 Å². The molecule has 0 atom stereocenters. The summed E-state index contributed by atoms with van der Waals surface area (Å²) in [4.78, 5) is 10.6. The van der Waals surface area contributed by atoms with E-state index in [4.69, 9.17) is 5.11 Å². The maximum absolute atomic E-state index is 12.7. The first kappa shape index (κ1) is 17.2. The van der Waals surface area contributed by atoms with Crippen LogP contribution in [-0.2, 0) is 9.84 Å². The van der Waals surface area contributed by atoms with Crippen LogP contribution in [0.15, 0.2) is 23.1 Å². The van der Waals surface area contributed by atoms with E-state index in [0.717, 1.165) is 18.4 Å². The molecule has 0 aliphatic carbocycles. The molecular weight excluding hydrogens is 320 g/mol. The standard InChI is InChI=1S/C11H10F4O5S/c1-21(18,19)6-2-3-8(7(4-6)9(16)17)20-5-11(14,15)10(12)13/h2-4,10H,5H2,1H3,(H,16,17). The molecule has 21 heavy (non-hydrogen) atoms. The number of ether oxygens (including phenoxy) is 1. The molecule has 10 heteroatoms. The van der Waals surface area contributed by atoms with Crippen molar-refractivity contribution < 1.29 is 40.6 Å². The molecule has 0 radical (unpaired) electrons. The van der Waals surface area contributed by atoms with Crippen molar-refractivity contribution in [3.05, 3.63) is 23.8 Å². The number of rotatable bonds is 6. The number of carboxylic acids is 1. The molecule has 0 unspecified atom stereocenters. The lowest BCUT2D eigenvalue weighted by Crippen LogP contribution is -2.34. The molecule has 1 rings (SSSR count). The van der Waals surface area contributed by atoms with Gasteiger partial charge in [-0.25, -0.2) is 22.0 Å². The van der Waals surface area contributed by atoms with Crippen molar-refractivity contribution in [3.63, 3.8) is 0 Å². The summed E-state index contributed by atoms with van der Waals surface area (Å²) in [6.07, 6.45) is -3.15. The smallest absolute Gasteiger partial charge is 0.340 e. The molecule has 0 bridgehead atoms. The average Bonchev–Trinajstić information content (AvgIpc) is 2.34. The van der Waals surface area contributed by atoms with E-state index in [1.807, 2.05) is 0 Å². The Hall–Kier alpha value is -1.84. The molecule has 1 aromatic rings. The van der Waals surface area contributed by atoms with Crippen molar-refractivity contribution in [1.82, 2.24) is 0 Å². The molecule has 1 N–H and O–H groups in total. The summed E-state index contributed by atoms with van der Waals surface area (Å²) in [5.74, 6) is -6.73. The van der Waals surface area contributed by atoms with Gasteiger partial charge in [-0.05, 0) is 18.2 Å². The second-order valence-corrected chi connectivity index (χ2v) is 6.10. The highest BCUT2D eigenvalue weighted by Gasteiger charge is 2.42. The van der Waals surface area contributed by atoms with E-state index in [9.17, 15) is 30.8 Å². The molecule has 1 aromatic carbocycles. The molecule has 5 nitrogen and oxygen atoms in total. The Morgan fingerprint density at radius 2 is 1.95 bits per heavy atom. The largest absolute Gasteiger partial charge is 0.486 e. The number of halogens is 4. The van der Waals surface area contributed by atoms with Crippen LogP contribution in [0, 0.1) is 0 Å². The van der Waals surface area contributed by atoms with Gasteiger partial charge < -0.3 is 9.84 Å². The van der Waals surface area contributed by atoms with Gasteiger partial charge >= 0.3 is 18.3 Å². The SMILES string of the molecule is CS(=O)(=O)c1ccc(OCC(F)(F)C(F)F)c(C(=O)O)c1. The highest BCUT2D eigenvalue weighted by molar-refractivity contribution is 7.90. The van der Waals surface area contributed by atoms with E-state index in [1.165, 1.54) is 0 Å². The fraction of sp³-hybridized carbons (Fsp3) is 0.364. The van der Waals surface area contributed by atoms with E-state index in [-0.39, 0.29) is 4.90 Å². The molecule has 118 valence electrons. The number of hydrogen-bond donors (Lipinski definition) is 1. The summed E-state index contributed by atoms with van der Waals surface area (Å²) in [6.45, 7) is -1.73. The van der Waals surface area contributed by atoms with Crippen LogP contribution in [0.25, 0.3) is 0 Å². The molecule has 0 heterocycles. The number of sulfone groups is 1. The predicted octanol–water partition coefficient (Wildman–Crippen LogP) is 2.07. The zero-order chi connectivity index (χ0) is 16.4. The predicted molar refractivity (Wildman–Crippen MR) is 63.0 cm³/mol. The Balaban J connectivity index is 3.12. The van der Waals surface area contributed by atoms with Crippen molar-refractivity contribution in [3.8, 4) is 5.75 Å². The third-order valence-corrected chi connectivity index (χ3v) is 3.46. The third-order valence-electron chi connectivity index (χ3n) is 2.35. The van der Waals surface area contributed by atoms with Crippen LogP contribution in [0.2, 0.25) is 0 Å². The van der Waals surface area contributed by atoms with Gasteiger partial charge in [0.2, 0.25) is 0 Å². The Labute approximate surface area is 117 Å². The molecule has 0 fully saturated rings. The number of hydrogen-bond acceptors (Lipinski definition) is 4. The van der Waals surface area contributed by atoms with Crippen LogP contribution in [0.1, 0.15) is 10.4 Å². The quantitative estimate of drug-likeness (QED) is 0.808. The van der Waals surface area contributed by atoms with Gasteiger partial charge in [-0.2, -0.15) is 8.78 Å². The lowest BCUT2D eigenvalue weighted by atomic mass is 10.2. The molecule has 0 saturated carbocycles. The summed E-state index contributed by atoms with van der Waals surface area (Å²) in [5, 5.41) is 8.88. The van der Waals surface area contributed by atoms with Crippen LogP contribution >= 0.6 is 0 Å². The molecule has 0 spiro atoms. The topological polar surface area (TPSA) is 80.7 Å². The number of benzene rings is 1. The van der Waals surface area contributed by atoms with Crippen molar-refractivity contribution in [2.24, 2.45) is 0 Å². The second-order valence-electron chi connectivity index (χ2n) is 4.09. The molecule has 0 saturated heterocycles. The van der Waals surface area contributed by atoms with E-state index >= 15 is 0 Å². The lowest BCUT2D eigenvalue weighted by Gasteiger charge is -2.17. The molecule has 0 amide bonds. The maximum atomic E-state index is 12.7. The number of carboxylic acid groups (broad SMARTS) is 1. The van der Waals surface area contributed by atoms with Crippen molar-refractivity contribution in [2.75, 3.05) is 12.9 Å². The summed E-state index contributed by atoms with van der Waals surface area (Å²) in [6, 6.07) is 2.45. The van der Waals surface area contributed by atoms with Crippen LogP contribution in [0.5, 0.6) is 5.75 Å². The fourth-order valence-electron chi connectivity index (χ4n) is 1.27. The van der Waals surface area contributed by atoms with Gasteiger partial charge in [0.15, 0.2) is 16.4 Å². The summed E-state index contributed by atoms with van der Waals surface area (Å²) >= 11 is 0. The van der Waals surface area contributed by atoms with E-state index in [0.29, 0.717) is 6.07 Å². The minimum absolute atomic E-state index is 0.368. The maximum Gasteiger partial charge on any atom is 0.340 e. The Bertz CT molecular complexity index is 642. The normalized spacial score (nSPS) is 12.5. The Morgan fingerprint density at radius 1 is 1.38 bits per heavy atom. The van der Waals surface area contributed by atoms with Gasteiger partial charge in [-0.1, -0.05) is 0 Å². The molecular formula is C11H10F4O5S. The molecule has 0 aromatic heterocycles.